The molecule has 0 aliphatic heterocycles. The Bertz CT molecular complexity index is 524. The van der Waals surface area contributed by atoms with Gasteiger partial charge < -0.3 is 5.11 Å². The molecule has 0 aliphatic carbocycles. The maximum absolute atomic E-state index is 11.2. The van der Waals surface area contributed by atoms with Gasteiger partial charge in [0.15, 0.2) is 5.82 Å². The number of hydrogen-bond acceptors (Lipinski definition) is 4. The highest BCUT2D eigenvalue weighted by atomic mass is 16.4. The zero-order valence-electron chi connectivity index (χ0n) is 10.0. The molecule has 2 rings (SSSR count). The van der Waals surface area contributed by atoms with Crippen molar-refractivity contribution in [3.05, 3.63) is 41.7 Å². The van der Waals surface area contributed by atoms with Crippen LogP contribution in [0.2, 0.25) is 0 Å². The Labute approximate surface area is 104 Å². The number of carboxylic acid groups (broad SMARTS) is 1. The summed E-state index contributed by atoms with van der Waals surface area (Å²) in [7, 11) is 1.66. The fourth-order valence-corrected chi connectivity index (χ4v) is 1.77. The second-order valence-electron chi connectivity index (χ2n) is 4.12. The number of carboxylic acids is 1. The number of benzene rings is 1. The summed E-state index contributed by atoms with van der Waals surface area (Å²) in [6.07, 6.45) is 0.756. The first-order valence-electron chi connectivity index (χ1n) is 5.65. The van der Waals surface area contributed by atoms with E-state index in [1.165, 1.54) is 4.80 Å². The monoisotopic (exact) mass is 246 g/mol. The zero-order chi connectivity index (χ0) is 13.0. The summed E-state index contributed by atoms with van der Waals surface area (Å²) in [6.45, 7) is 0. The van der Waals surface area contributed by atoms with Gasteiger partial charge in [-0.25, -0.2) is 0 Å². The summed E-state index contributed by atoms with van der Waals surface area (Å²) >= 11 is 0. The van der Waals surface area contributed by atoms with E-state index in [1.807, 2.05) is 30.3 Å². The number of carbonyl (C=O) groups is 1. The van der Waals surface area contributed by atoms with Crippen molar-refractivity contribution in [1.29, 1.82) is 0 Å². The molecule has 1 unspecified atom stereocenters. The molecular formula is C12H14N4O2. The van der Waals surface area contributed by atoms with E-state index in [9.17, 15) is 9.90 Å². The summed E-state index contributed by atoms with van der Waals surface area (Å²) in [5.41, 5.74) is 0.994. The minimum Gasteiger partial charge on any atom is -0.481 e. The SMILES string of the molecule is Cn1nnc(CC(Cc2ccccc2)C(=O)O)n1. The van der Waals surface area contributed by atoms with Crippen LogP contribution in [0.5, 0.6) is 0 Å². The van der Waals surface area contributed by atoms with Crippen molar-refractivity contribution >= 4 is 5.97 Å². The third-order valence-corrected chi connectivity index (χ3v) is 2.65. The van der Waals surface area contributed by atoms with Crippen LogP contribution in [-0.4, -0.2) is 31.3 Å². The topological polar surface area (TPSA) is 80.9 Å². The molecule has 94 valence electrons. The van der Waals surface area contributed by atoms with E-state index in [0.29, 0.717) is 12.2 Å². The van der Waals surface area contributed by atoms with Gasteiger partial charge in [0.25, 0.3) is 0 Å². The summed E-state index contributed by atoms with van der Waals surface area (Å²) in [6, 6.07) is 9.53. The Kier molecular flexibility index (Phi) is 3.66. The van der Waals surface area contributed by atoms with Crippen LogP contribution in [0.15, 0.2) is 30.3 Å². The largest absolute Gasteiger partial charge is 0.481 e. The van der Waals surface area contributed by atoms with E-state index >= 15 is 0 Å². The van der Waals surface area contributed by atoms with E-state index in [-0.39, 0.29) is 6.42 Å². The van der Waals surface area contributed by atoms with E-state index in [2.05, 4.69) is 15.4 Å². The van der Waals surface area contributed by atoms with Gasteiger partial charge in [-0.05, 0) is 17.2 Å². The first-order chi connectivity index (χ1) is 8.65. The molecule has 0 saturated heterocycles. The van der Waals surface area contributed by atoms with E-state index < -0.39 is 11.9 Å². The van der Waals surface area contributed by atoms with E-state index in [1.54, 1.807) is 7.05 Å². The van der Waals surface area contributed by atoms with Crippen molar-refractivity contribution in [2.75, 3.05) is 0 Å². The van der Waals surface area contributed by atoms with Gasteiger partial charge >= 0.3 is 5.97 Å². The molecule has 1 N–H and O–H groups in total. The minimum absolute atomic E-state index is 0.290. The highest BCUT2D eigenvalue weighted by molar-refractivity contribution is 5.70. The van der Waals surface area contributed by atoms with Gasteiger partial charge in [-0.3, -0.25) is 4.79 Å². The van der Waals surface area contributed by atoms with Gasteiger partial charge in [0.05, 0.1) is 13.0 Å². The summed E-state index contributed by atoms with van der Waals surface area (Å²) < 4.78 is 0. The third-order valence-electron chi connectivity index (χ3n) is 2.65. The van der Waals surface area contributed by atoms with Crippen molar-refractivity contribution < 1.29 is 9.90 Å². The summed E-state index contributed by atoms with van der Waals surface area (Å²) in [5, 5.41) is 20.7. The lowest BCUT2D eigenvalue weighted by molar-refractivity contribution is -0.141. The van der Waals surface area contributed by atoms with E-state index in [0.717, 1.165) is 5.56 Å². The number of nitrogens with zero attached hydrogens (tertiary/aromatic N) is 4. The van der Waals surface area contributed by atoms with Gasteiger partial charge in [-0.15, -0.1) is 10.2 Å². The maximum atomic E-state index is 11.2. The Morgan fingerprint density at radius 1 is 1.33 bits per heavy atom. The first-order valence-corrected chi connectivity index (χ1v) is 5.65. The number of tetrazole rings is 1. The normalized spacial score (nSPS) is 12.3. The number of aryl methyl sites for hydroxylation is 1. The summed E-state index contributed by atoms with van der Waals surface area (Å²) in [4.78, 5) is 12.6. The van der Waals surface area contributed by atoms with Crippen LogP contribution in [0, 0.1) is 5.92 Å². The molecule has 0 fully saturated rings. The standard InChI is InChI=1S/C12H14N4O2/c1-16-14-11(13-15-16)8-10(12(17)18)7-9-5-3-2-4-6-9/h2-6,10H,7-8H2,1H3,(H,17,18). The molecule has 6 nitrogen and oxygen atoms in total. The lowest BCUT2D eigenvalue weighted by Crippen LogP contribution is -2.20. The molecule has 0 saturated carbocycles. The fraction of sp³-hybridized carbons (Fsp3) is 0.333. The zero-order valence-corrected chi connectivity index (χ0v) is 10.0. The van der Waals surface area contributed by atoms with Crippen LogP contribution in [-0.2, 0) is 24.7 Å². The molecule has 1 atom stereocenters. The number of hydrogen-bond donors (Lipinski definition) is 1. The van der Waals surface area contributed by atoms with Crippen molar-refractivity contribution in [2.45, 2.75) is 12.8 Å². The predicted octanol–water partition coefficient (Wildman–Crippen LogP) is 0.696. The molecule has 0 bridgehead atoms. The number of rotatable bonds is 5. The number of aliphatic carboxylic acids is 1. The minimum atomic E-state index is -0.841. The van der Waals surface area contributed by atoms with Crippen molar-refractivity contribution in [1.82, 2.24) is 20.2 Å². The average molecular weight is 246 g/mol. The second kappa shape index (κ2) is 5.39. The second-order valence-corrected chi connectivity index (χ2v) is 4.12. The first kappa shape index (κ1) is 12.2. The molecule has 1 heterocycles. The fourth-order valence-electron chi connectivity index (χ4n) is 1.77. The van der Waals surface area contributed by atoms with Crippen LogP contribution in [0.4, 0.5) is 0 Å². The van der Waals surface area contributed by atoms with Gasteiger partial charge in [-0.2, -0.15) is 4.80 Å². The molecular weight excluding hydrogens is 232 g/mol. The predicted molar refractivity (Wildman–Crippen MR) is 63.8 cm³/mol. The molecule has 0 spiro atoms. The van der Waals surface area contributed by atoms with E-state index in [4.69, 9.17) is 0 Å². The Hall–Kier alpha value is -2.24. The Balaban J connectivity index is 2.07. The van der Waals surface area contributed by atoms with Crippen LogP contribution in [0.1, 0.15) is 11.4 Å². The van der Waals surface area contributed by atoms with Crippen molar-refractivity contribution in [2.24, 2.45) is 13.0 Å². The smallest absolute Gasteiger partial charge is 0.307 e. The Morgan fingerprint density at radius 2 is 2.06 bits per heavy atom. The molecule has 0 amide bonds. The number of aromatic nitrogens is 4. The van der Waals surface area contributed by atoms with Crippen LogP contribution in [0.3, 0.4) is 0 Å². The molecule has 0 radical (unpaired) electrons. The van der Waals surface area contributed by atoms with Crippen LogP contribution in [0.25, 0.3) is 0 Å². The van der Waals surface area contributed by atoms with Gasteiger partial charge in [0, 0.05) is 6.42 Å². The molecule has 18 heavy (non-hydrogen) atoms. The van der Waals surface area contributed by atoms with Crippen LogP contribution < -0.4 is 0 Å². The van der Waals surface area contributed by atoms with Gasteiger partial charge in [0.2, 0.25) is 0 Å². The van der Waals surface area contributed by atoms with Crippen molar-refractivity contribution in [3.63, 3.8) is 0 Å². The Morgan fingerprint density at radius 3 is 2.61 bits per heavy atom. The van der Waals surface area contributed by atoms with Crippen molar-refractivity contribution in [3.8, 4) is 0 Å². The molecule has 1 aromatic heterocycles. The lowest BCUT2D eigenvalue weighted by Gasteiger charge is -2.09. The molecule has 2 aromatic rings. The van der Waals surface area contributed by atoms with Gasteiger partial charge in [0.1, 0.15) is 0 Å². The van der Waals surface area contributed by atoms with Crippen LogP contribution >= 0.6 is 0 Å². The average Bonchev–Trinajstić information content (AvgIpc) is 2.75. The van der Waals surface area contributed by atoms with Gasteiger partial charge in [-0.1, -0.05) is 30.3 Å². The summed E-state index contributed by atoms with van der Waals surface area (Å²) in [5.74, 6) is -0.913. The highest BCUT2D eigenvalue weighted by Gasteiger charge is 2.20. The molecule has 0 aliphatic rings. The maximum Gasteiger partial charge on any atom is 0.307 e. The molecule has 6 heteroatoms. The molecule has 1 aromatic carbocycles. The highest BCUT2D eigenvalue weighted by Crippen LogP contribution is 2.12. The quantitative estimate of drug-likeness (QED) is 0.839. The third kappa shape index (κ3) is 3.13. The lowest BCUT2D eigenvalue weighted by atomic mass is 9.96.